The highest BCUT2D eigenvalue weighted by Gasteiger charge is 2.23. The molecule has 1 heterocycles. The fourth-order valence-corrected chi connectivity index (χ4v) is 2.33. The van der Waals surface area contributed by atoms with E-state index in [0.29, 0.717) is 24.9 Å². The Morgan fingerprint density at radius 2 is 2.12 bits per heavy atom. The molecule has 0 saturated carbocycles. The number of carbonyl (C=O) groups is 1. The van der Waals surface area contributed by atoms with E-state index in [9.17, 15) is 4.79 Å². The molecule has 1 aliphatic rings. The first-order valence-corrected chi connectivity index (χ1v) is 6.29. The molecule has 0 bridgehead atoms. The summed E-state index contributed by atoms with van der Waals surface area (Å²) in [6.07, 6.45) is 7.46. The van der Waals surface area contributed by atoms with E-state index in [4.69, 9.17) is 5.73 Å². The monoisotopic (exact) mass is 248 g/mol. The summed E-state index contributed by atoms with van der Waals surface area (Å²) >= 11 is 0. The summed E-state index contributed by atoms with van der Waals surface area (Å²) in [6.45, 7) is 3.76. The minimum absolute atomic E-state index is 0. The molecule has 0 aromatic heterocycles. The van der Waals surface area contributed by atoms with Gasteiger partial charge in [-0.3, -0.25) is 4.79 Å². The third-order valence-electron chi connectivity index (χ3n) is 3.26. The molecular formula is C12H25ClN2O. The molecule has 4 heteroatoms. The zero-order valence-corrected chi connectivity index (χ0v) is 11.1. The fourth-order valence-electron chi connectivity index (χ4n) is 2.33. The number of nitrogens with zero attached hydrogens (tertiary/aromatic N) is 1. The van der Waals surface area contributed by atoms with E-state index in [1.165, 1.54) is 25.7 Å². The lowest BCUT2D eigenvalue weighted by Gasteiger charge is -2.29. The Bertz CT molecular complexity index is 199. The third kappa shape index (κ3) is 4.71. The zero-order valence-electron chi connectivity index (χ0n) is 10.3. The maximum absolute atomic E-state index is 11.9. The second-order valence-electron chi connectivity index (χ2n) is 4.39. The van der Waals surface area contributed by atoms with Crippen LogP contribution in [0.5, 0.6) is 0 Å². The van der Waals surface area contributed by atoms with Crippen molar-refractivity contribution in [2.45, 2.75) is 57.9 Å². The maximum Gasteiger partial charge on any atom is 0.222 e. The number of hydrogen-bond acceptors (Lipinski definition) is 2. The number of hydrogen-bond donors (Lipinski definition) is 1. The summed E-state index contributed by atoms with van der Waals surface area (Å²) in [5.41, 5.74) is 5.43. The molecule has 1 atom stereocenters. The van der Waals surface area contributed by atoms with Crippen LogP contribution in [0.15, 0.2) is 0 Å². The largest absolute Gasteiger partial charge is 0.340 e. The van der Waals surface area contributed by atoms with Gasteiger partial charge in [0.1, 0.15) is 0 Å². The quantitative estimate of drug-likeness (QED) is 0.830. The van der Waals surface area contributed by atoms with Crippen molar-refractivity contribution in [3.8, 4) is 0 Å². The third-order valence-corrected chi connectivity index (χ3v) is 3.26. The Hall–Kier alpha value is -0.280. The predicted molar refractivity (Wildman–Crippen MR) is 69.8 cm³/mol. The topological polar surface area (TPSA) is 46.3 Å². The molecule has 1 saturated heterocycles. The van der Waals surface area contributed by atoms with E-state index in [-0.39, 0.29) is 12.4 Å². The van der Waals surface area contributed by atoms with Crippen molar-refractivity contribution in [1.82, 2.24) is 4.90 Å². The first-order valence-electron chi connectivity index (χ1n) is 6.29. The van der Waals surface area contributed by atoms with Crippen LogP contribution in [0.25, 0.3) is 0 Å². The highest BCUT2D eigenvalue weighted by molar-refractivity contribution is 5.85. The molecule has 1 amide bonds. The van der Waals surface area contributed by atoms with Crippen LogP contribution in [0, 0.1) is 0 Å². The first-order chi connectivity index (χ1) is 7.29. The van der Waals surface area contributed by atoms with Crippen molar-refractivity contribution in [2.24, 2.45) is 5.73 Å². The van der Waals surface area contributed by atoms with Gasteiger partial charge in [0.05, 0.1) is 0 Å². The van der Waals surface area contributed by atoms with Crippen LogP contribution in [0.1, 0.15) is 51.9 Å². The van der Waals surface area contributed by atoms with E-state index >= 15 is 0 Å². The molecule has 0 aliphatic carbocycles. The van der Waals surface area contributed by atoms with E-state index in [1.54, 1.807) is 0 Å². The number of halogens is 1. The smallest absolute Gasteiger partial charge is 0.222 e. The van der Waals surface area contributed by atoms with Gasteiger partial charge in [-0.15, -0.1) is 12.4 Å². The molecule has 0 aromatic carbocycles. The average molecular weight is 249 g/mol. The van der Waals surface area contributed by atoms with Crippen LogP contribution >= 0.6 is 12.4 Å². The number of amides is 1. The van der Waals surface area contributed by atoms with Gasteiger partial charge in [-0.25, -0.2) is 0 Å². The van der Waals surface area contributed by atoms with E-state index < -0.39 is 0 Å². The van der Waals surface area contributed by atoms with Crippen molar-refractivity contribution in [3.63, 3.8) is 0 Å². The Kier molecular flexibility index (Phi) is 8.67. The van der Waals surface area contributed by atoms with Gasteiger partial charge in [-0.2, -0.15) is 0 Å². The van der Waals surface area contributed by atoms with Gasteiger partial charge in [-0.05, 0) is 32.2 Å². The Morgan fingerprint density at radius 1 is 1.38 bits per heavy atom. The molecule has 0 aromatic rings. The first kappa shape index (κ1) is 15.7. The molecule has 96 valence electrons. The van der Waals surface area contributed by atoms with Gasteiger partial charge in [-0.1, -0.05) is 19.8 Å². The van der Waals surface area contributed by atoms with Crippen LogP contribution in [-0.2, 0) is 4.79 Å². The van der Waals surface area contributed by atoms with E-state index in [0.717, 1.165) is 19.4 Å². The van der Waals surface area contributed by atoms with Gasteiger partial charge in [0, 0.05) is 19.0 Å². The van der Waals surface area contributed by atoms with Gasteiger partial charge in [0.15, 0.2) is 0 Å². The van der Waals surface area contributed by atoms with Crippen LogP contribution in [0.3, 0.4) is 0 Å². The molecule has 1 fully saturated rings. The fraction of sp³-hybridized carbons (Fsp3) is 0.917. The lowest BCUT2D eigenvalue weighted by Crippen LogP contribution is -2.39. The second kappa shape index (κ2) is 8.82. The minimum Gasteiger partial charge on any atom is -0.340 e. The molecule has 0 radical (unpaired) electrons. The van der Waals surface area contributed by atoms with E-state index in [1.807, 2.05) is 0 Å². The summed E-state index contributed by atoms with van der Waals surface area (Å²) < 4.78 is 0. The van der Waals surface area contributed by atoms with Gasteiger partial charge in [0.25, 0.3) is 0 Å². The summed E-state index contributed by atoms with van der Waals surface area (Å²) in [5.74, 6) is 0.314. The lowest BCUT2D eigenvalue weighted by molar-refractivity contribution is -0.133. The summed E-state index contributed by atoms with van der Waals surface area (Å²) in [7, 11) is 0. The van der Waals surface area contributed by atoms with Crippen LogP contribution in [0.4, 0.5) is 0 Å². The SMILES string of the molecule is CCC1CCCCCN1C(=O)CCCN.Cl. The van der Waals surface area contributed by atoms with Crippen molar-refractivity contribution in [2.75, 3.05) is 13.1 Å². The molecule has 1 rings (SSSR count). The average Bonchev–Trinajstić information content (AvgIpc) is 2.50. The molecular weight excluding hydrogens is 224 g/mol. The van der Waals surface area contributed by atoms with Crippen LogP contribution < -0.4 is 5.73 Å². The summed E-state index contributed by atoms with van der Waals surface area (Å²) in [5, 5.41) is 0. The molecule has 1 aliphatic heterocycles. The van der Waals surface area contributed by atoms with Crippen molar-refractivity contribution in [3.05, 3.63) is 0 Å². The summed E-state index contributed by atoms with van der Waals surface area (Å²) in [4.78, 5) is 14.0. The van der Waals surface area contributed by atoms with Gasteiger partial charge >= 0.3 is 0 Å². The molecule has 0 spiro atoms. The molecule has 2 N–H and O–H groups in total. The van der Waals surface area contributed by atoms with E-state index in [2.05, 4.69) is 11.8 Å². The standard InChI is InChI=1S/C12H24N2O.ClH/c1-2-11-7-4-3-5-10-14(11)12(15)8-6-9-13;/h11H,2-10,13H2,1H3;1H. The van der Waals surface area contributed by atoms with Crippen molar-refractivity contribution < 1.29 is 4.79 Å². The number of nitrogens with two attached hydrogens (primary N) is 1. The maximum atomic E-state index is 11.9. The van der Waals surface area contributed by atoms with Gasteiger partial charge < -0.3 is 10.6 Å². The highest BCUT2D eigenvalue weighted by Crippen LogP contribution is 2.20. The Morgan fingerprint density at radius 3 is 2.75 bits per heavy atom. The molecule has 3 nitrogen and oxygen atoms in total. The highest BCUT2D eigenvalue weighted by atomic mass is 35.5. The number of carbonyl (C=O) groups excluding carboxylic acids is 1. The van der Waals surface area contributed by atoms with Crippen molar-refractivity contribution in [1.29, 1.82) is 0 Å². The van der Waals surface area contributed by atoms with Gasteiger partial charge in [0.2, 0.25) is 5.91 Å². The minimum atomic E-state index is 0. The molecule has 16 heavy (non-hydrogen) atoms. The zero-order chi connectivity index (χ0) is 11.1. The number of rotatable bonds is 4. The van der Waals surface area contributed by atoms with Crippen LogP contribution in [-0.4, -0.2) is 29.9 Å². The predicted octanol–water partition coefficient (Wildman–Crippen LogP) is 2.33. The lowest BCUT2D eigenvalue weighted by atomic mass is 10.1. The Labute approximate surface area is 105 Å². The normalized spacial score (nSPS) is 21.1. The molecule has 1 unspecified atom stereocenters. The van der Waals surface area contributed by atoms with Crippen molar-refractivity contribution >= 4 is 18.3 Å². The second-order valence-corrected chi connectivity index (χ2v) is 4.39. The summed E-state index contributed by atoms with van der Waals surface area (Å²) in [6, 6.07) is 0.484. The Balaban J connectivity index is 0.00000225. The number of likely N-dealkylation sites (tertiary alicyclic amines) is 1. The van der Waals surface area contributed by atoms with Crippen LogP contribution in [0.2, 0.25) is 0 Å².